The molecule has 2 aliphatic rings. The molecule has 24 heavy (non-hydrogen) atoms. The highest BCUT2D eigenvalue weighted by molar-refractivity contribution is 6.05. The predicted molar refractivity (Wildman–Crippen MR) is 87.5 cm³/mol. The summed E-state index contributed by atoms with van der Waals surface area (Å²) < 4.78 is 0. The van der Waals surface area contributed by atoms with Crippen LogP contribution in [-0.2, 0) is 14.4 Å². The van der Waals surface area contributed by atoms with Crippen molar-refractivity contribution in [3.63, 3.8) is 0 Å². The summed E-state index contributed by atoms with van der Waals surface area (Å²) in [7, 11) is 0. The minimum Gasteiger partial charge on any atom is -0.348 e. The van der Waals surface area contributed by atoms with E-state index in [-0.39, 0.29) is 48.6 Å². The van der Waals surface area contributed by atoms with Crippen LogP contribution in [0.5, 0.6) is 0 Å². The normalized spacial score (nSPS) is 24.0. The second kappa shape index (κ2) is 6.95. The molecule has 1 aliphatic carbocycles. The van der Waals surface area contributed by atoms with Crippen molar-refractivity contribution < 1.29 is 14.4 Å². The van der Waals surface area contributed by atoms with E-state index in [0.29, 0.717) is 12.8 Å². The van der Waals surface area contributed by atoms with Crippen molar-refractivity contribution in [2.45, 2.75) is 32.2 Å². The Balaban J connectivity index is 1.53. The first-order valence-electron chi connectivity index (χ1n) is 8.28. The van der Waals surface area contributed by atoms with E-state index in [1.54, 1.807) is 6.20 Å². The molecule has 0 bridgehead atoms. The molecule has 3 atom stereocenters. The fourth-order valence-electron chi connectivity index (χ4n) is 3.32. The number of carbonyl (C=O) groups is 3. The maximum absolute atomic E-state index is 12.3. The third-order valence-corrected chi connectivity index (χ3v) is 4.67. The number of pyridine rings is 1. The number of likely N-dealkylation sites (tertiary alicyclic amines) is 1. The second-order valence-corrected chi connectivity index (χ2v) is 6.28. The average molecular weight is 327 g/mol. The van der Waals surface area contributed by atoms with Crippen LogP contribution in [0.2, 0.25) is 0 Å². The molecule has 0 spiro atoms. The molecule has 1 saturated heterocycles. The van der Waals surface area contributed by atoms with E-state index in [2.05, 4.69) is 10.3 Å². The van der Waals surface area contributed by atoms with Crippen molar-refractivity contribution in [1.82, 2.24) is 15.2 Å². The monoisotopic (exact) mass is 327 g/mol. The Kier molecular flexibility index (Phi) is 4.74. The smallest absolute Gasteiger partial charge is 0.233 e. The minimum atomic E-state index is -0.238. The van der Waals surface area contributed by atoms with Gasteiger partial charge in [0.15, 0.2) is 0 Å². The maximum Gasteiger partial charge on any atom is 0.233 e. The van der Waals surface area contributed by atoms with E-state index in [9.17, 15) is 14.4 Å². The fraction of sp³-hybridized carbons (Fsp3) is 0.444. The molecule has 0 radical (unpaired) electrons. The van der Waals surface area contributed by atoms with Crippen LogP contribution in [-0.4, -0.2) is 34.2 Å². The Morgan fingerprint density at radius 2 is 1.92 bits per heavy atom. The fourth-order valence-corrected chi connectivity index (χ4v) is 3.32. The third kappa shape index (κ3) is 3.22. The number of fused-ring (bicyclic) bond motifs is 1. The first-order valence-corrected chi connectivity index (χ1v) is 8.28. The highest BCUT2D eigenvalue weighted by Gasteiger charge is 2.46. The van der Waals surface area contributed by atoms with Crippen LogP contribution in [0.1, 0.15) is 37.9 Å². The zero-order valence-corrected chi connectivity index (χ0v) is 13.6. The lowest BCUT2D eigenvalue weighted by atomic mass is 9.85. The molecule has 1 fully saturated rings. The highest BCUT2D eigenvalue weighted by Crippen LogP contribution is 2.34. The van der Waals surface area contributed by atoms with Gasteiger partial charge in [0, 0.05) is 19.2 Å². The molecule has 1 aromatic heterocycles. The van der Waals surface area contributed by atoms with E-state index in [4.69, 9.17) is 0 Å². The highest BCUT2D eigenvalue weighted by atomic mass is 16.2. The van der Waals surface area contributed by atoms with E-state index in [0.717, 1.165) is 5.69 Å². The Labute approximate surface area is 140 Å². The lowest BCUT2D eigenvalue weighted by Gasteiger charge is -2.16. The van der Waals surface area contributed by atoms with Gasteiger partial charge in [-0.3, -0.25) is 24.3 Å². The summed E-state index contributed by atoms with van der Waals surface area (Å²) in [6.07, 6.45) is 6.94. The van der Waals surface area contributed by atoms with Crippen LogP contribution in [0.25, 0.3) is 0 Å². The van der Waals surface area contributed by atoms with Crippen molar-refractivity contribution in [2.75, 3.05) is 6.54 Å². The van der Waals surface area contributed by atoms with Crippen LogP contribution in [0.15, 0.2) is 36.5 Å². The molecule has 0 aromatic carbocycles. The lowest BCUT2D eigenvalue weighted by molar-refractivity contribution is -0.140. The topological polar surface area (TPSA) is 79.4 Å². The SMILES string of the molecule is C[C@H](NC(=O)CCN1C(=O)[C@@H]2CC=CC[C@H]2C1=O)c1ccccn1. The van der Waals surface area contributed by atoms with Crippen LogP contribution < -0.4 is 5.32 Å². The molecular weight excluding hydrogens is 306 g/mol. The molecule has 1 aliphatic heterocycles. The van der Waals surface area contributed by atoms with Gasteiger partial charge >= 0.3 is 0 Å². The molecule has 6 nitrogen and oxygen atoms in total. The molecule has 1 N–H and O–H groups in total. The summed E-state index contributed by atoms with van der Waals surface area (Å²) in [4.78, 5) is 42.2. The summed E-state index contributed by atoms with van der Waals surface area (Å²) >= 11 is 0. The number of carbonyl (C=O) groups excluding carboxylic acids is 3. The molecule has 2 heterocycles. The van der Waals surface area contributed by atoms with Gasteiger partial charge < -0.3 is 5.32 Å². The van der Waals surface area contributed by atoms with Crippen molar-refractivity contribution in [2.24, 2.45) is 11.8 Å². The Morgan fingerprint density at radius 1 is 1.25 bits per heavy atom. The summed E-state index contributed by atoms with van der Waals surface area (Å²) in [5.41, 5.74) is 0.774. The maximum atomic E-state index is 12.3. The molecule has 3 rings (SSSR count). The summed E-state index contributed by atoms with van der Waals surface area (Å²) in [5, 5.41) is 2.85. The first-order chi connectivity index (χ1) is 11.6. The number of rotatable bonds is 5. The van der Waals surface area contributed by atoms with Gasteiger partial charge in [-0.15, -0.1) is 0 Å². The van der Waals surface area contributed by atoms with Crippen molar-refractivity contribution in [3.8, 4) is 0 Å². The van der Waals surface area contributed by atoms with Gasteiger partial charge in [0.05, 0.1) is 23.6 Å². The third-order valence-electron chi connectivity index (χ3n) is 4.67. The molecule has 0 unspecified atom stereocenters. The summed E-state index contributed by atoms with van der Waals surface area (Å²) in [6, 6.07) is 5.31. The number of amides is 3. The zero-order chi connectivity index (χ0) is 17.1. The quantitative estimate of drug-likeness (QED) is 0.658. The van der Waals surface area contributed by atoms with Crippen LogP contribution in [0.4, 0.5) is 0 Å². The van der Waals surface area contributed by atoms with Crippen molar-refractivity contribution in [3.05, 3.63) is 42.2 Å². The number of aromatic nitrogens is 1. The van der Waals surface area contributed by atoms with Gasteiger partial charge in [-0.2, -0.15) is 0 Å². The average Bonchev–Trinajstić information content (AvgIpc) is 2.85. The molecule has 1 aromatic rings. The second-order valence-electron chi connectivity index (χ2n) is 6.28. The summed E-state index contributed by atoms with van der Waals surface area (Å²) in [6.45, 7) is 2.00. The number of imide groups is 1. The van der Waals surface area contributed by atoms with E-state index in [1.807, 2.05) is 37.3 Å². The first kappa shape index (κ1) is 16.4. The predicted octanol–water partition coefficient (Wildman–Crippen LogP) is 1.60. The summed E-state index contributed by atoms with van der Waals surface area (Å²) in [5.74, 6) is -0.947. The Morgan fingerprint density at radius 3 is 2.50 bits per heavy atom. The van der Waals surface area contributed by atoms with Gasteiger partial charge in [-0.1, -0.05) is 18.2 Å². The number of hydrogen-bond donors (Lipinski definition) is 1. The Bertz CT molecular complexity index is 645. The number of allylic oxidation sites excluding steroid dienone is 2. The zero-order valence-electron chi connectivity index (χ0n) is 13.6. The standard InChI is InChI=1S/C18H21N3O3/c1-12(15-8-4-5-10-19-15)20-16(22)9-11-21-17(23)13-6-2-3-7-14(13)18(21)24/h2-5,8,10,12-14H,6-7,9,11H2,1H3,(H,20,22)/t12-,13+,14+/m0/s1. The number of nitrogens with one attached hydrogen (secondary N) is 1. The van der Waals surface area contributed by atoms with Crippen molar-refractivity contribution in [1.29, 1.82) is 0 Å². The van der Waals surface area contributed by atoms with Gasteiger partial charge in [0.1, 0.15) is 0 Å². The van der Waals surface area contributed by atoms with Gasteiger partial charge in [-0.05, 0) is 31.9 Å². The lowest BCUT2D eigenvalue weighted by Crippen LogP contribution is -2.36. The van der Waals surface area contributed by atoms with Crippen LogP contribution in [0.3, 0.4) is 0 Å². The van der Waals surface area contributed by atoms with Gasteiger partial charge in [0.2, 0.25) is 17.7 Å². The molecular formula is C18H21N3O3. The Hall–Kier alpha value is -2.50. The van der Waals surface area contributed by atoms with E-state index in [1.165, 1.54) is 4.90 Å². The van der Waals surface area contributed by atoms with Crippen molar-refractivity contribution >= 4 is 17.7 Å². The number of nitrogens with zero attached hydrogens (tertiary/aromatic N) is 2. The number of hydrogen-bond acceptors (Lipinski definition) is 4. The van der Waals surface area contributed by atoms with Gasteiger partial charge in [0.25, 0.3) is 0 Å². The molecule has 3 amide bonds. The van der Waals surface area contributed by atoms with E-state index >= 15 is 0 Å². The molecule has 6 heteroatoms. The van der Waals surface area contributed by atoms with E-state index < -0.39 is 0 Å². The van der Waals surface area contributed by atoms with Crippen LogP contribution in [0, 0.1) is 11.8 Å². The largest absolute Gasteiger partial charge is 0.348 e. The van der Waals surface area contributed by atoms with Crippen LogP contribution >= 0.6 is 0 Å². The molecule has 0 saturated carbocycles. The van der Waals surface area contributed by atoms with Gasteiger partial charge in [-0.25, -0.2) is 0 Å². The minimum absolute atomic E-state index is 0.113. The molecule has 126 valence electrons.